The number of aliphatic hydroxyl groups excluding tert-OH is 1. The van der Waals surface area contributed by atoms with E-state index < -0.39 is 12.1 Å². The lowest BCUT2D eigenvalue weighted by Gasteiger charge is -2.09. The van der Waals surface area contributed by atoms with Gasteiger partial charge in [0, 0.05) is 0 Å². The Morgan fingerprint density at radius 1 is 1.21 bits per heavy atom. The number of unbranched alkanes of at least 4 members (excludes halogenated alkanes) is 3. The number of carbonyl (C=O) groups excluding carboxylic acids is 1. The molecule has 0 aliphatic rings. The molecular formula is C11H22O3. The Bertz CT molecular complexity index is 145. The second kappa shape index (κ2) is 9.00. The van der Waals surface area contributed by atoms with Crippen molar-refractivity contribution in [2.45, 2.75) is 58.5 Å². The van der Waals surface area contributed by atoms with E-state index >= 15 is 0 Å². The maximum Gasteiger partial charge on any atom is 0.334 e. The molecule has 0 saturated carbocycles. The number of esters is 1. The Morgan fingerprint density at radius 3 is 2.50 bits per heavy atom. The molecular weight excluding hydrogens is 180 g/mol. The van der Waals surface area contributed by atoms with Crippen LogP contribution in [0.5, 0.6) is 0 Å². The monoisotopic (exact) mass is 202 g/mol. The average Bonchev–Trinajstić information content (AvgIpc) is 2.20. The molecule has 0 aliphatic heterocycles. The standard InChI is InChI=1S/C11H22O3/c1-3-5-6-7-8-10(12)11(13)14-9-4-2/h10,12H,3-9H2,1-2H3. The number of hydrogen-bond donors (Lipinski definition) is 1. The molecule has 1 atom stereocenters. The zero-order valence-corrected chi connectivity index (χ0v) is 9.29. The number of rotatable bonds is 8. The van der Waals surface area contributed by atoms with Crippen LogP contribution in [0.25, 0.3) is 0 Å². The first-order chi connectivity index (χ1) is 6.72. The van der Waals surface area contributed by atoms with Crippen molar-refractivity contribution in [2.75, 3.05) is 6.61 Å². The summed E-state index contributed by atoms with van der Waals surface area (Å²) >= 11 is 0. The van der Waals surface area contributed by atoms with Crippen LogP contribution in [0.15, 0.2) is 0 Å². The van der Waals surface area contributed by atoms with Gasteiger partial charge < -0.3 is 9.84 Å². The van der Waals surface area contributed by atoms with Gasteiger partial charge in [-0.2, -0.15) is 0 Å². The summed E-state index contributed by atoms with van der Waals surface area (Å²) < 4.78 is 4.82. The lowest BCUT2D eigenvalue weighted by atomic mass is 10.1. The largest absolute Gasteiger partial charge is 0.464 e. The molecule has 14 heavy (non-hydrogen) atoms. The Hall–Kier alpha value is -0.570. The van der Waals surface area contributed by atoms with E-state index in [1.807, 2.05) is 6.92 Å². The van der Waals surface area contributed by atoms with Crippen molar-refractivity contribution >= 4 is 5.97 Å². The third-order valence-corrected chi connectivity index (χ3v) is 2.05. The minimum atomic E-state index is -0.918. The van der Waals surface area contributed by atoms with Crippen LogP contribution in [-0.4, -0.2) is 23.8 Å². The van der Waals surface area contributed by atoms with Crippen molar-refractivity contribution in [1.82, 2.24) is 0 Å². The quantitative estimate of drug-likeness (QED) is 0.485. The van der Waals surface area contributed by atoms with Gasteiger partial charge in [-0.3, -0.25) is 0 Å². The topological polar surface area (TPSA) is 46.5 Å². The van der Waals surface area contributed by atoms with Crippen LogP contribution in [0.2, 0.25) is 0 Å². The van der Waals surface area contributed by atoms with Crippen molar-refractivity contribution < 1.29 is 14.6 Å². The fraction of sp³-hybridized carbons (Fsp3) is 0.909. The minimum absolute atomic E-state index is 0.408. The van der Waals surface area contributed by atoms with Crippen LogP contribution in [0.1, 0.15) is 52.4 Å². The van der Waals surface area contributed by atoms with Gasteiger partial charge in [-0.1, -0.05) is 39.5 Å². The van der Waals surface area contributed by atoms with Gasteiger partial charge in [0.1, 0.15) is 0 Å². The van der Waals surface area contributed by atoms with Crippen molar-refractivity contribution in [3.8, 4) is 0 Å². The number of hydrogen-bond acceptors (Lipinski definition) is 3. The molecule has 1 unspecified atom stereocenters. The van der Waals surface area contributed by atoms with Crippen LogP contribution in [0, 0.1) is 0 Å². The predicted molar refractivity (Wildman–Crippen MR) is 56.0 cm³/mol. The number of ether oxygens (including phenoxy) is 1. The molecule has 0 rings (SSSR count). The highest BCUT2D eigenvalue weighted by atomic mass is 16.5. The first-order valence-corrected chi connectivity index (χ1v) is 5.57. The van der Waals surface area contributed by atoms with E-state index in [1.165, 1.54) is 0 Å². The first-order valence-electron chi connectivity index (χ1n) is 5.57. The summed E-state index contributed by atoms with van der Waals surface area (Å²) in [5.41, 5.74) is 0. The van der Waals surface area contributed by atoms with Gasteiger partial charge in [0.05, 0.1) is 6.61 Å². The summed E-state index contributed by atoms with van der Waals surface area (Å²) in [7, 11) is 0. The summed E-state index contributed by atoms with van der Waals surface area (Å²) in [6, 6.07) is 0. The minimum Gasteiger partial charge on any atom is -0.464 e. The molecule has 0 aromatic heterocycles. The molecule has 0 heterocycles. The molecule has 3 heteroatoms. The molecule has 0 aromatic rings. The molecule has 0 bridgehead atoms. The van der Waals surface area contributed by atoms with Crippen LogP contribution >= 0.6 is 0 Å². The van der Waals surface area contributed by atoms with Crippen molar-refractivity contribution in [3.63, 3.8) is 0 Å². The SMILES string of the molecule is CCCCCCC(O)C(=O)OCCC. The first kappa shape index (κ1) is 13.4. The molecule has 1 N–H and O–H groups in total. The van der Waals surface area contributed by atoms with Gasteiger partial charge in [0.25, 0.3) is 0 Å². The van der Waals surface area contributed by atoms with E-state index in [1.54, 1.807) is 0 Å². The maximum atomic E-state index is 11.1. The molecule has 0 amide bonds. The van der Waals surface area contributed by atoms with Crippen LogP contribution < -0.4 is 0 Å². The highest BCUT2D eigenvalue weighted by Crippen LogP contribution is 2.06. The normalized spacial score (nSPS) is 12.5. The van der Waals surface area contributed by atoms with Crippen molar-refractivity contribution in [1.29, 1.82) is 0 Å². The summed E-state index contributed by atoms with van der Waals surface area (Å²) in [6.07, 6.45) is 4.72. The lowest BCUT2D eigenvalue weighted by molar-refractivity contribution is -0.153. The molecule has 0 spiro atoms. The van der Waals surface area contributed by atoms with Gasteiger partial charge in [-0.15, -0.1) is 0 Å². The van der Waals surface area contributed by atoms with Crippen LogP contribution in [0.3, 0.4) is 0 Å². The van der Waals surface area contributed by atoms with E-state index in [0.717, 1.165) is 32.1 Å². The van der Waals surface area contributed by atoms with E-state index in [4.69, 9.17) is 4.74 Å². The third-order valence-electron chi connectivity index (χ3n) is 2.05. The zero-order chi connectivity index (χ0) is 10.8. The van der Waals surface area contributed by atoms with E-state index in [9.17, 15) is 9.90 Å². The molecule has 0 aromatic carbocycles. The van der Waals surface area contributed by atoms with Crippen molar-refractivity contribution in [3.05, 3.63) is 0 Å². The number of carbonyl (C=O) groups is 1. The third kappa shape index (κ3) is 6.89. The van der Waals surface area contributed by atoms with Gasteiger partial charge >= 0.3 is 5.97 Å². The Kier molecular flexibility index (Phi) is 8.64. The number of aliphatic hydroxyl groups is 1. The molecule has 0 saturated heterocycles. The van der Waals surface area contributed by atoms with E-state index in [0.29, 0.717) is 13.0 Å². The second-order valence-electron chi connectivity index (χ2n) is 3.53. The lowest BCUT2D eigenvalue weighted by Crippen LogP contribution is -2.23. The van der Waals surface area contributed by atoms with Crippen molar-refractivity contribution in [2.24, 2.45) is 0 Å². The molecule has 84 valence electrons. The maximum absolute atomic E-state index is 11.1. The van der Waals surface area contributed by atoms with Gasteiger partial charge in [0.2, 0.25) is 0 Å². The second-order valence-corrected chi connectivity index (χ2v) is 3.53. The molecule has 3 nitrogen and oxygen atoms in total. The van der Waals surface area contributed by atoms with Gasteiger partial charge in [-0.25, -0.2) is 4.79 Å². The van der Waals surface area contributed by atoms with Gasteiger partial charge in [-0.05, 0) is 12.8 Å². The summed E-state index contributed by atoms with van der Waals surface area (Å²) in [6.45, 7) is 4.47. The Labute approximate surface area is 86.5 Å². The molecule has 0 fully saturated rings. The highest BCUT2D eigenvalue weighted by Gasteiger charge is 2.15. The van der Waals surface area contributed by atoms with E-state index in [-0.39, 0.29) is 0 Å². The smallest absolute Gasteiger partial charge is 0.334 e. The zero-order valence-electron chi connectivity index (χ0n) is 9.29. The average molecular weight is 202 g/mol. The Balaban J connectivity index is 3.42. The van der Waals surface area contributed by atoms with Crippen LogP contribution in [0.4, 0.5) is 0 Å². The fourth-order valence-corrected chi connectivity index (χ4v) is 1.18. The fourth-order valence-electron chi connectivity index (χ4n) is 1.18. The molecule has 0 radical (unpaired) electrons. The molecule has 0 aliphatic carbocycles. The van der Waals surface area contributed by atoms with Gasteiger partial charge in [0.15, 0.2) is 6.10 Å². The predicted octanol–water partition coefficient (Wildman–Crippen LogP) is 2.27. The summed E-state index contributed by atoms with van der Waals surface area (Å²) in [5, 5.41) is 9.37. The summed E-state index contributed by atoms with van der Waals surface area (Å²) in [4.78, 5) is 11.1. The summed E-state index contributed by atoms with van der Waals surface area (Å²) in [5.74, 6) is -0.469. The van der Waals surface area contributed by atoms with E-state index in [2.05, 4.69) is 6.92 Å². The van der Waals surface area contributed by atoms with Crippen LogP contribution in [-0.2, 0) is 9.53 Å². The Morgan fingerprint density at radius 2 is 1.93 bits per heavy atom. The highest BCUT2D eigenvalue weighted by molar-refractivity contribution is 5.74.